The molecule has 0 radical (unpaired) electrons. The van der Waals surface area contributed by atoms with Gasteiger partial charge in [0.1, 0.15) is 12.4 Å². The number of aryl methyl sites for hydroxylation is 1. The zero-order valence-corrected chi connectivity index (χ0v) is 14.9. The second-order valence-corrected chi connectivity index (χ2v) is 6.02. The molecule has 3 aromatic rings. The quantitative estimate of drug-likeness (QED) is 0.742. The van der Waals surface area contributed by atoms with Crippen molar-refractivity contribution in [3.8, 4) is 23.2 Å². The number of carbonyl (C=O) groups is 1. The third kappa shape index (κ3) is 3.93. The first-order valence-corrected chi connectivity index (χ1v) is 8.28. The number of ether oxygens (including phenoxy) is 1. The Morgan fingerprint density at radius 2 is 2.00 bits per heavy atom. The van der Waals surface area contributed by atoms with E-state index in [-0.39, 0.29) is 5.56 Å². The van der Waals surface area contributed by atoms with Crippen LogP contribution in [-0.2, 0) is 6.61 Å². The largest absolute Gasteiger partial charge is 0.489 e. The molecule has 0 spiro atoms. The average molecular weight is 359 g/mol. The maximum absolute atomic E-state index is 11.1. The standard InChI is InChI=1S/C21H17N3O3/c1-13-16(10-22)6-3-7-17(13)12-27-18-8-4-5-15(9-18)20-23-11-19(21(25)26)14(2)24-20/h3-9,11H,12H2,1-2H3,(H,25,26). The van der Waals surface area contributed by atoms with Crippen LogP contribution >= 0.6 is 0 Å². The van der Waals surface area contributed by atoms with E-state index in [0.717, 1.165) is 16.7 Å². The molecule has 0 bridgehead atoms. The van der Waals surface area contributed by atoms with Gasteiger partial charge in [-0.15, -0.1) is 0 Å². The van der Waals surface area contributed by atoms with E-state index in [0.29, 0.717) is 29.4 Å². The minimum Gasteiger partial charge on any atom is -0.489 e. The van der Waals surface area contributed by atoms with Crippen LogP contribution in [0.3, 0.4) is 0 Å². The molecular formula is C21H17N3O3. The Bertz CT molecular complexity index is 1050. The minimum absolute atomic E-state index is 0.0824. The van der Waals surface area contributed by atoms with E-state index >= 15 is 0 Å². The molecule has 6 nitrogen and oxygen atoms in total. The van der Waals surface area contributed by atoms with Crippen LogP contribution < -0.4 is 4.74 Å². The Balaban J connectivity index is 1.82. The summed E-state index contributed by atoms with van der Waals surface area (Å²) in [6, 6.07) is 15.0. The summed E-state index contributed by atoms with van der Waals surface area (Å²) in [6.07, 6.45) is 1.31. The fourth-order valence-corrected chi connectivity index (χ4v) is 2.66. The summed E-state index contributed by atoms with van der Waals surface area (Å²) in [5.74, 6) is 0.0227. The molecule has 0 atom stereocenters. The first-order chi connectivity index (χ1) is 13.0. The summed E-state index contributed by atoms with van der Waals surface area (Å²) in [4.78, 5) is 19.5. The van der Waals surface area contributed by atoms with Crippen LogP contribution in [0.1, 0.15) is 32.7 Å². The number of hydrogen-bond donors (Lipinski definition) is 1. The number of carboxylic acid groups (broad SMARTS) is 1. The van der Waals surface area contributed by atoms with Crippen LogP contribution in [0.25, 0.3) is 11.4 Å². The molecule has 0 aliphatic carbocycles. The van der Waals surface area contributed by atoms with E-state index in [1.807, 2.05) is 37.3 Å². The van der Waals surface area contributed by atoms with Crippen LogP contribution in [-0.4, -0.2) is 21.0 Å². The molecule has 27 heavy (non-hydrogen) atoms. The van der Waals surface area contributed by atoms with E-state index in [1.54, 1.807) is 19.1 Å². The van der Waals surface area contributed by atoms with Crippen molar-refractivity contribution in [1.29, 1.82) is 5.26 Å². The average Bonchev–Trinajstić information content (AvgIpc) is 2.67. The molecule has 0 saturated heterocycles. The molecule has 1 N–H and O–H groups in total. The van der Waals surface area contributed by atoms with Gasteiger partial charge in [0.05, 0.1) is 22.9 Å². The molecule has 2 aromatic carbocycles. The monoisotopic (exact) mass is 359 g/mol. The van der Waals surface area contributed by atoms with Crippen molar-refractivity contribution >= 4 is 5.97 Å². The lowest BCUT2D eigenvalue weighted by Gasteiger charge is -2.11. The maximum atomic E-state index is 11.1. The van der Waals surface area contributed by atoms with Crippen molar-refractivity contribution in [3.05, 3.63) is 76.6 Å². The van der Waals surface area contributed by atoms with Crippen molar-refractivity contribution in [2.45, 2.75) is 20.5 Å². The van der Waals surface area contributed by atoms with Crippen LogP contribution in [0, 0.1) is 25.2 Å². The van der Waals surface area contributed by atoms with Crippen molar-refractivity contribution in [2.75, 3.05) is 0 Å². The Hall–Kier alpha value is -3.72. The lowest BCUT2D eigenvalue weighted by atomic mass is 10.0. The Morgan fingerprint density at radius 3 is 2.70 bits per heavy atom. The van der Waals surface area contributed by atoms with Gasteiger partial charge < -0.3 is 9.84 Å². The summed E-state index contributed by atoms with van der Waals surface area (Å²) in [5.41, 5.74) is 3.70. The van der Waals surface area contributed by atoms with Crippen LogP contribution in [0.15, 0.2) is 48.7 Å². The summed E-state index contributed by atoms with van der Waals surface area (Å²) in [5, 5.41) is 18.2. The first kappa shape index (κ1) is 18.1. The molecule has 0 fully saturated rings. The lowest BCUT2D eigenvalue weighted by Crippen LogP contribution is -2.04. The predicted molar refractivity (Wildman–Crippen MR) is 99.4 cm³/mol. The third-order valence-electron chi connectivity index (χ3n) is 4.26. The minimum atomic E-state index is -1.05. The Labute approximate surface area is 156 Å². The highest BCUT2D eigenvalue weighted by atomic mass is 16.5. The SMILES string of the molecule is Cc1nc(-c2cccc(OCc3cccc(C#N)c3C)c2)ncc1C(=O)O. The highest BCUT2D eigenvalue weighted by Crippen LogP contribution is 2.23. The number of carboxylic acids is 1. The fourth-order valence-electron chi connectivity index (χ4n) is 2.66. The summed E-state index contributed by atoms with van der Waals surface area (Å²) < 4.78 is 5.87. The van der Waals surface area contributed by atoms with Crippen molar-refractivity contribution in [1.82, 2.24) is 9.97 Å². The number of aromatic carboxylic acids is 1. The van der Waals surface area contributed by atoms with Crippen molar-refractivity contribution in [3.63, 3.8) is 0 Å². The molecule has 0 saturated carbocycles. The van der Waals surface area contributed by atoms with E-state index < -0.39 is 5.97 Å². The van der Waals surface area contributed by atoms with E-state index in [4.69, 9.17) is 15.1 Å². The van der Waals surface area contributed by atoms with Gasteiger partial charge in [0.15, 0.2) is 5.82 Å². The molecule has 0 aliphatic heterocycles. The topological polar surface area (TPSA) is 96.1 Å². The van der Waals surface area contributed by atoms with Gasteiger partial charge in [0.25, 0.3) is 0 Å². The molecule has 1 heterocycles. The number of nitrogens with zero attached hydrogens (tertiary/aromatic N) is 3. The number of rotatable bonds is 5. The van der Waals surface area contributed by atoms with E-state index in [2.05, 4.69) is 16.0 Å². The highest BCUT2D eigenvalue weighted by molar-refractivity contribution is 5.88. The molecule has 134 valence electrons. The molecule has 0 aliphatic rings. The third-order valence-corrected chi connectivity index (χ3v) is 4.26. The zero-order valence-electron chi connectivity index (χ0n) is 14.9. The van der Waals surface area contributed by atoms with Crippen LogP contribution in [0.5, 0.6) is 5.75 Å². The lowest BCUT2D eigenvalue weighted by molar-refractivity contribution is 0.0695. The maximum Gasteiger partial charge on any atom is 0.339 e. The molecule has 0 unspecified atom stereocenters. The summed E-state index contributed by atoms with van der Waals surface area (Å²) in [7, 11) is 0. The summed E-state index contributed by atoms with van der Waals surface area (Å²) >= 11 is 0. The normalized spacial score (nSPS) is 10.3. The number of nitriles is 1. The number of hydrogen-bond acceptors (Lipinski definition) is 5. The van der Waals surface area contributed by atoms with Gasteiger partial charge in [0.2, 0.25) is 0 Å². The predicted octanol–water partition coefficient (Wildman–Crippen LogP) is 3.91. The fraction of sp³-hybridized carbons (Fsp3) is 0.143. The van der Waals surface area contributed by atoms with Gasteiger partial charge in [0, 0.05) is 11.8 Å². The molecule has 3 rings (SSSR count). The van der Waals surface area contributed by atoms with Crippen LogP contribution in [0.2, 0.25) is 0 Å². The second-order valence-electron chi connectivity index (χ2n) is 6.02. The Kier molecular flexibility index (Phi) is 5.13. The molecular weight excluding hydrogens is 342 g/mol. The number of aromatic nitrogens is 2. The van der Waals surface area contributed by atoms with Gasteiger partial charge in [-0.2, -0.15) is 5.26 Å². The van der Waals surface area contributed by atoms with E-state index in [1.165, 1.54) is 6.20 Å². The smallest absolute Gasteiger partial charge is 0.339 e. The van der Waals surface area contributed by atoms with Crippen LogP contribution in [0.4, 0.5) is 0 Å². The molecule has 6 heteroatoms. The Morgan fingerprint density at radius 1 is 1.22 bits per heavy atom. The molecule has 0 amide bonds. The first-order valence-electron chi connectivity index (χ1n) is 8.28. The molecule has 1 aromatic heterocycles. The summed E-state index contributed by atoms with van der Waals surface area (Å²) in [6.45, 7) is 3.87. The van der Waals surface area contributed by atoms with Gasteiger partial charge in [-0.3, -0.25) is 0 Å². The van der Waals surface area contributed by atoms with Gasteiger partial charge >= 0.3 is 5.97 Å². The highest BCUT2D eigenvalue weighted by Gasteiger charge is 2.11. The number of benzene rings is 2. The van der Waals surface area contributed by atoms with Gasteiger partial charge in [-0.1, -0.05) is 24.3 Å². The second kappa shape index (κ2) is 7.67. The van der Waals surface area contributed by atoms with Gasteiger partial charge in [-0.25, -0.2) is 14.8 Å². The van der Waals surface area contributed by atoms with E-state index in [9.17, 15) is 4.79 Å². The zero-order chi connectivity index (χ0) is 19.4. The van der Waals surface area contributed by atoms with Gasteiger partial charge in [-0.05, 0) is 43.2 Å². The van der Waals surface area contributed by atoms with Crippen molar-refractivity contribution in [2.24, 2.45) is 0 Å². The van der Waals surface area contributed by atoms with Crippen molar-refractivity contribution < 1.29 is 14.6 Å².